The van der Waals surface area contributed by atoms with Gasteiger partial charge in [0.15, 0.2) is 0 Å². The molecule has 0 aliphatic rings. The molecule has 1 N–H and O–H groups in total. The first kappa shape index (κ1) is 17.1. The number of benzene rings is 3. The zero-order valence-corrected chi connectivity index (χ0v) is 15.0. The molecule has 0 saturated heterocycles. The third-order valence-electron chi connectivity index (χ3n) is 4.86. The molecule has 136 valence electrons. The third kappa shape index (κ3) is 2.72. The number of ether oxygens (including phenoxy) is 1. The lowest BCUT2D eigenvalue weighted by molar-refractivity contribution is 0.0699. The van der Waals surface area contributed by atoms with Crippen molar-refractivity contribution in [2.45, 2.75) is 13.5 Å². The number of hydrogen-bond acceptors (Lipinski definition) is 2. The largest absolute Gasteiger partial charge is 0.494 e. The second-order valence-corrected chi connectivity index (χ2v) is 6.53. The summed E-state index contributed by atoms with van der Waals surface area (Å²) in [6.07, 6.45) is 0. The summed E-state index contributed by atoms with van der Waals surface area (Å²) >= 11 is 0. The number of aryl methyl sites for hydroxylation is 1. The lowest BCUT2D eigenvalue weighted by Gasteiger charge is -2.13. The summed E-state index contributed by atoms with van der Waals surface area (Å²) in [5.74, 6) is -0.619. The van der Waals surface area contributed by atoms with Crippen molar-refractivity contribution in [2.24, 2.45) is 0 Å². The molecule has 0 fully saturated rings. The van der Waals surface area contributed by atoms with E-state index in [4.69, 9.17) is 4.74 Å². The summed E-state index contributed by atoms with van der Waals surface area (Å²) in [5.41, 5.74) is 3.56. The summed E-state index contributed by atoms with van der Waals surface area (Å²) in [6.45, 7) is 2.31. The molecular weight excluding hydrogens is 345 g/mol. The number of aromatic carboxylic acids is 1. The fourth-order valence-corrected chi connectivity index (χ4v) is 3.72. The minimum atomic E-state index is -0.976. The van der Waals surface area contributed by atoms with Crippen molar-refractivity contribution in [3.05, 3.63) is 77.1 Å². The van der Waals surface area contributed by atoms with E-state index in [1.165, 1.54) is 12.1 Å². The highest BCUT2D eigenvalue weighted by Gasteiger charge is 2.22. The smallest absolute Gasteiger partial charge is 0.336 e. The Hall–Kier alpha value is -3.34. The molecule has 0 radical (unpaired) electrons. The van der Waals surface area contributed by atoms with Gasteiger partial charge in [0.1, 0.15) is 11.6 Å². The van der Waals surface area contributed by atoms with E-state index in [1.807, 2.05) is 35.8 Å². The van der Waals surface area contributed by atoms with Gasteiger partial charge in [0.05, 0.1) is 18.2 Å². The molecular formula is C22H18FNO3. The molecule has 0 aliphatic heterocycles. The molecule has 4 rings (SSSR count). The molecule has 1 heterocycles. The third-order valence-corrected chi connectivity index (χ3v) is 4.86. The maximum Gasteiger partial charge on any atom is 0.336 e. The van der Waals surface area contributed by atoms with Crippen molar-refractivity contribution in [3.63, 3.8) is 0 Å². The van der Waals surface area contributed by atoms with Gasteiger partial charge in [-0.3, -0.25) is 0 Å². The maximum absolute atomic E-state index is 13.3. The first-order valence-corrected chi connectivity index (χ1v) is 8.57. The Labute approximate surface area is 155 Å². The number of methoxy groups -OCH3 is 1. The summed E-state index contributed by atoms with van der Waals surface area (Å²) in [4.78, 5) is 11.9. The normalized spacial score (nSPS) is 11.2. The number of carboxylic acid groups (broad SMARTS) is 1. The van der Waals surface area contributed by atoms with Crippen LogP contribution in [-0.4, -0.2) is 22.8 Å². The van der Waals surface area contributed by atoms with Crippen molar-refractivity contribution < 1.29 is 19.0 Å². The van der Waals surface area contributed by atoms with Crippen LogP contribution in [0.2, 0.25) is 0 Å². The van der Waals surface area contributed by atoms with Crippen LogP contribution in [-0.2, 0) is 6.54 Å². The second-order valence-electron chi connectivity index (χ2n) is 6.53. The van der Waals surface area contributed by atoms with E-state index in [0.717, 1.165) is 27.5 Å². The van der Waals surface area contributed by atoms with Gasteiger partial charge in [-0.05, 0) is 42.3 Å². The maximum atomic E-state index is 13.3. The topological polar surface area (TPSA) is 51.5 Å². The molecule has 0 saturated carbocycles. The zero-order valence-electron chi connectivity index (χ0n) is 15.0. The lowest BCUT2D eigenvalue weighted by atomic mass is 10.0. The molecule has 0 atom stereocenters. The second kappa shape index (κ2) is 6.43. The van der Waals surface area contributed by atoms with Gasteiger partial charge in [0.2, 0.25) is 0 Å². The van der Waals surface area contributed by atoms with Crippen LogP contribution in [0.25, 0.3) is 21.8 Å². The van der Waals surface area contributed by atoms with E-state index in [1.54, 1.807) is 25.3 Å². The Morgan fingerprint density at radius 3 is 2.52 bits per heavy atom. The molecule has 0 unspecified atom stereocenters. The first-order valence-electron chi connectivity index (χ1n) is 8.57. The molecule has 0 aliphatic carbocycles. The molecule has 4 aromatic rings. The average Bonchev–Trinajstić information content (AvgIpc) is 2.97. The minimum absolute atomic E-state index is 0.248. The Kier molecular flexibility index (Phi) is 4.07. The summed E-state index contributed by atoms with van der Waals surface area (Å²) in [5, 5.41) is 11.3. The Balaban J connectivity index is 2.12. The van der Waals surface area contributed by atoms with Gasteiger partial charge in [-0.25, -0.2) is 9.18 Å². The van der Waals surface area contributed by atoms with Crippen LogP contribution in [0.5, 0.6) is 5.75 Å². The van der Waals surface area contributed by atoms with Crippen molar-refractivity contribution >= 4 is 27.8 Å². The Morgan fingerprint density at radius 1 is 1.15 bits per heavy atom. The van der Waals surface area contributed by atoms with Gasteiger partial charge < -0.3 is 14.4 Å². The number of carbonyl (C=O) groups is 1. The molecule has 0 amide bonds. The number of nitrogens with zero attached hydrogens (tertiary/aromatic N) is 1. The average molecular weight is 363 g/mol. The predicted molar refractivity (Wildman–Crippen MR) is 103 cm³/mol. The lowest BCUT2D eigenvalue weighted by Crippen LogP contribution is -2.04. The number of carboxylic acids is 1. The van der Waals surface area contributed by atoms with E-state index in [0.29, 0.717) is 17.7 Å². The van der Waals surface area contributed by atoms with E-state index in [2.05, 4.69) is 0 Å². The van der Waals surface area contributed by atoms with E-state index in [9.17, 15) is 14.3 Å². The van der Waals surface area contributed by atoms with Crippen LogP contribution < -0.4 is 4.74 Å². The quantitative estimate of drug-likeness (QED) is 0.555. The number of halogens is 1. The standard InChI is InChI=1S/C22H18FNO3/c1-13-11-17(22(25)26)19-16-5-3-4-6-18(16)24(20(19)21(13)27-2)12-14-7-9-15(23)10-8-14/h3-11H,12H2,1-2H3,(H,25,26). The summed E-state index contributed by atoms with van der Waals surface area (Å²) in [6, 6.07) is 15.6. The number of rotatable bonds is 4. The van der Waals surface area contributed by atoms with Crippen LogP contribution in [0.4, 0.5) is 4.39 Å². The van der Waals surface area contributed by atoms with Crippen LogP contribution in [0.3, 0.4) is 0 Å². The van der Waals surface area contributed by atoms with Crippen molar-refractivity contribution in [2.75, 3.05) is 7.11 Å². The zero-order chi connectivity index (χ0) is 19.1. The van der Waals surface area contributed by atoms with Crippen LogP contribution >= 0.6 is 0 Å². The van der Waals surface area contributed by atoms with Crippen molar-refractivity contribution in [1.82, 2.24) is 4.57 Å². The van der Waals surface area contributed by atoms with Crippen LogP contribution in [0.1, 0.15) is 21.5 Å². The highest BCUT2D eigenvalue weighted by Crippen LogP contribution is 2.39. The van der Waals surface area contributed by atoms with Crippen molar-refractivity contribution in [3.8, 4) is 5.75 Å². The monoisotopic (exact) mass is 363 g/mol. The number of para-hydroxylation sites is 1. The first-order chi connectivity index (χ1) is 13.0. The minimum Gasteiger partial charge on any atom is -0.494 e. The summed E-state index contributed by atoms with van der Waals surface area (Å²) in [7, 11) is 1.59. The highest BCUT2D eigenvalue weighted by molar-refractivity contribution is 6.18. The number of hydrogen-bond donors (Lipinski definition) is 1. The van der Waals surface area contributed by atoms with E-state index >= 15 is 0 Å². The van der Waals surface area contributed by atoms with Gasteiger partial charge in [-0.2, -0.15) is 0 Å². The molecule has 0 bridgehead atoms. The molecule has 1 aromatic heterocycles. The molecule has 3 aromatic carbocycles. The van der Waals surface area contributed by atoms with Gasteiger partial charge in [-0.1, -0.05) is 30.3 Å². The fraction of sp³-hybridized carbons (Fsp3) is 0.136. The number of aromatic nitrogens is 1. The summed E-state index contributed by atoms with van der Waals surface area (Å²) < 4.78 is 21.0. The fourth-order valence-electron chi connectivity index (χ4n) is 3.72. The molecule has 5 heteroatoms. The van der Waals surface area contributed by atoms with Gasteiger partial charge >= 0.3 is 5.97 Å². The Bertz CT molecular complexity index is 1180. The SMILES string of the molecule is COc1c(C)cc(C(=O)O)c2c3ccccc3n(Cc3ccc(F)cc3)c12. The highest BCUT2D eigenvalue weighted by atomic mass is 19.1. The Morgan fingerprint density at radius 2 is 1.85 bits per heavy atom. The number of fused-ring (bicyclic) bond motifs is 3. The van der Waals surface area contributed by atoms with E-state index in [-0.39, 0.29) is 11.4 Å². The van der Waals surface area contributed by atoms with Gasteiger partial charge in [-0.15, -0.1) is 0 Å². The van der Waals surface area contributed by atoms with Gasteiger partial charge in [0.25, 0.3) is 0 Å². The molecule has 4 nitrogen and oxygen atoms in total. The van der Waals surface area contributed by atoms with Crippen molar-refractivity contribution in [1.29, 1.82) is 0 Å². The van der Waals surface area contributed by atoms with Crippen LogP contribution in [0, 0.1) is 12.7 Å². The van der Waals surface area contributed by atoms with E-state index < -0.39 is 5.97 Å². The van der Waals surface area contributed by atoms with Crippen LogP contribution in [0.15, 0.2) is 54.6 Å². The molecule has 0 spiro atoms. The predicted octanol–water partition coefficient (Wildman–Crippen LogP) is 5.00. The molecule has 27 heavy (non-hydrogen) atoms. The van der Waals surface area contributed by atoms with Gasteiger partial charge in [0, 0.05) is 22.8 Å².